The molecule has 7 aromatic rings. The van der Waals surface area contributed by atoms with E-state index in [2.05, 4.69) is 232 Å². The third kappa shape index (κ3) is 7.98. The van der Waals surface area contributed by atoms with Gasteiger partial charge in [-0.2, -0.15) is 0 Å². The number of aryl methyl sites for hydroxylation is 4. The van der Waals surface area contributed by atoms with E-state index in [1.165, 1.54) is 33.6 Å². The summed E-state index contributed by atoms with van der Waals surface area (Å²) in [5, 5.41) is 0. The van der Waals surface area contributed by atoms with E-state index in [4.69, 9.17) is 0 Å². The Balaban J connectivity index is 1.06. The van der Waals surface area contributed by atoms with Crippen LogP contribution in [0.1, 0.15) is 44.5 Å². The van der Waals surface area contributed by atoms with Crippen LogP contribution < -0.4 is 9.80 Å². The molecule has 0 spiro atoms. The first-order chi connectivity index (χ1) is 25.4. The van der Waals surface area contributed by atoms with E-state index in [1.54, 1.807) is 0 Å². The van der Waals surface area contributed by atoms with Crippen LogP contribution in [0.2, 0.25) is 0 Å². The van der Waals surface area contributed by atoms with Crippen molar-refractivity contribution >= 4 is 58.4 Å². The summed E-state index contributed by atoms with van der Waals surface area (Å²) in [5.74, 6) is 0. The molecule has 2 nitrogen and oxygen atoms in total. The molecule has 0 atom stereocenters. The van der Waals surface area contributed by atoms with Crippen LogP contribution in [0.5, 0.6) is 0 Å². The van der Waals surface area contributed by atoms with E-state index in [-0.39, 0.29) is 0 Å². The first-order valence-corrected chi connectivity index (χ1v) is 17.9. The van der Waals surface area contributed by atoms with E-state index in [0.29, 0.717) is 0 Å². The lowest BCUT2D eigenvalue weighted by Crippen LogP contribution is -2.11. The van der Waals surface area contributed by atoms with Gasteiger partial charge in [0.2, 0.25) is 0 Å². The molecular formula is C50H44N2. The van der Waals surface area contributed by atoms with Crippen molar-refractivity contribution in [3.8, 4) is 0 Å². The third-order valence-corrected chi connectivity index (χ3v) is 9.45. The minimum atomic E-state index is 1.13. The maximum absolute atomic E-state index is 2.33. The number of anilines is 6. The van der Waals surface area contributed by atoms with Gasteiger partial charge in [0.15, 0.2) is 0 Å². The van der Waals surface area contributed by atoms with E-state index >= 15 is 0 Å². The van der Waals surface area contributed by atoms with Crippen molar-refractivity contribution in [1.82, 2.24) is 0 Å². The molecule has 7 rings (SSSR count). The van der Waals surface area contributed by atoms with Crippen LogP contribution in [0.3, 0.4) is 0 Å². The molecule has 0 amide bonds. The molecule has 7 aromatic carbocycles. The van der Waals surface area contributed by atoms with Crippen molar-refractivity contribution in [1.29, 1.82) is 0 Å². The summed E-state index contributed by atoms with van der Waals surface area (Å²) < 4.78 is 0. The molecule has 254 valence electrons. The summed E-state index contributed by atoms with van der Waals surface area (Å²) in [7, 11) is 0. The standard InChI is InChI=1S/C50H44N2/c1-37-16-28-45(29-17-37)51(49-14-7-5-10-39(49)3)47-32-24-41(25-33-47)20-22-43-12-9-13-44(36-43)23-21-42-26-34-48(35-27-42)52(46-30-18-38(2)19-31-46)50-15-8-6-11-40(50)4/h5-36H,1-4H3. The monoisotopic (exact) mass is 672 g/mol. The number of para-hydroxylation sites is 2. The predicted molar refractivity (Wildman–Crippen MR) is 225 cm³/mol. The van der Waals surface area contributed by atoms with Gasteiger partial charge in [0, 0.05) is 34.1 Å². The molecule has 0 fully saturated rings. The van der Waals surface area contributed by atoms with Gasteiger partial charge in [0.05, 0.1) is 0 Å². The summed E-state index contributed by atoms with van der Waals surface area (Å²) in [6.07, 6.45) is 8.74. The highest BCUT2D eigenvalue weighted by Gasteiger charge is 2.15. The van der Waals surface area contributed by atoms with Crippen molar-refractivity contribution in [3.05, 3.63) is 214 Å². The Morgan fingerprint density at radius 1 is 0.308 bits per heavy atom. The highest BCUT2D eigenvalue weighted by Crippen LogP contribution is 2.38. The van der Waals surface area contributed by atoms with Crippen LogP contribution >= 0.6 is 0 Å². The van der Waals surface area contributed by atoms with E-state index < -0.39 is 0 Å². The lowest BCUT2D eigenvalue weighted by molar-refractivity contribution is 1.24. The lowest BCUT2D eigenvalue weighted by atomic mass is 10.1. The highest BCUT2D eigenvalue weighted by molar-refractivity contribution is 5.81. The molecule has 0 bridgehead atoms. The van der Waals surface area contributed by atoms with Gasteiger partial charge in [-0.15, -0.1) is 0 Å². The van der Waals surface area contributed by atoms with Crippen LogP contribution in [-0.2, 0) is 0 Å². The highest BCUT2D eigenvalue weighted by atomic mass is 15.1. The van der Waals surface area contributed by atoms with Gasteiger partial charge >= 0.3 is 0 Å². The fourth-order valence-electron chi connectivity index (χ4n) is 6.49. The van der Waals surface area contributed by atoms with Crippen LogP contribution in [0, 0.1) is 27.7 Å². The Bertz CT molecular complexity index is 2150. The van der Waals surface area contributed by atoms with Gasteiger partial charge in [0.1, 0.15) is 0 Å². The van der Waals surface area contributed by atoms with Crippen LogP contribution in [0.4, 0.5) is 34.1 Å². The molecule has 0 unspecified atom stereocenters. The molecule has 52 heavy (non-hydrogen) atoms. The van der Waals surface area contributed by atoms with Crippen LogP contribution in [0.15, 0.2) is 170 Å². The van der Waals surface area contributed by atoms with E-state index in [1.807, 2.05) is 0 Å². The topological polar surface area (TPSA) is 6.48 Å². The fraction of sp³-hybridized carbons (Fsp3) is 0.0800. The van der Waals surface area contributed by atoms with Gasteiger partial charge in [-0.05, 0) is 128 Å². The fourth-order valence-corrected chi connectivity index (χ4v) is 6.49. The summed E-state index contributed by atoms with van der Waals surface area (Å²) in [6, 6.07) is 60.8. The van der Waals surface area contributed by atoms with Crippen molar-refractivity contribution in [2.45, 2.75) is 27.7 Å². The largest absolute Gasteiger partial charge is 0.310 e. The number of hydrogen-bond donors (Lipinski definition) is 0. The third-order valence-electron chi connectivity index (χ3n) is 9.45. The quantitative estimate of drug-likeness (QED) is 0.133. The zero-order valence-corrected chi connectivity index (χ0v) is 30.4. The summed E-state index contributed by atoms with van der Waals surface area (Å²) >= 11 is 0. The Hall–Kier alpha value is -6.38. The first kappa shape index (κ1) is 34.1. The van der Waals surface area contributed by atoms with E-state index in [9.17, 15) is 0 Å². The lowest BCUT2D eigenvalue weighted by Gasteiger charge is -2.27. The summed E-state index contributed by atoms with van der Waals surface area (Å²) in [5.41, 5.74) is 16.5. The maximum atomic E-state index is 2.33. The Kier molecular flexibility index (Phi) is 10.3. The normalized spacial score (nSPS) is 11.3. The second-order valence-electron chi connectivity index (χ2n) is 13.4. The minimum absolute atomic E-state index is 1.13. The second-order valence-corrected chi connectivity index (χ2v) is 13.4. The number of hydrogen-bond acceptors (Lipinski definition) is 2. The average molecular weight is 673 g/mol. The number of nitrogens with zero attached hydrogens (tertiary/aromatic N) is 2. The minimum Gasteiger partial charge on any atom is -0.310 e. The van der Waals surface area contributed by atoms with Gasteiger partial charge in [-0.1, -0.05) is 139 Å². The molecule has 0 saturated carbocycles. The van der Waals surface area contributed by atoms with Crippen molar-refractivity contribution in [3.63, 3.8) is 0 Å². The molecule has 0 aliphatic rings. The van der Waals surface area contributed by atoms with Crippen LogP contribution in [-0.4, -0.2) is 0 Å². The molecule has 2 heteroatoms. The van der Waals surface area contributed by atoms with Gasteiger partial charge in [0.25, 0.3) is 0 Å². The van der Waals surface area contributed by atoms with Crippen molar-refractivity contribution < 1.29 is 0 Å². The summed E-state index contributed by atoms with van der Waals surface area (Å²) in [4.78, 5) is 4.66. The van der Waals surface area contributed by atoms with Gasteiger partial charge in [-0.25, -0.2) is 0 Å². The van der Waals surface area contributed by atoms with Crippen LogP contribution in [0.25, 0.3) is 24.3 Å². The smallest absolute Gasteiger partial charge is 0.0490 e. The molecule has 0 N–H and O–H groups in total. The predicted octanol–water partition coefficient (Wildman–Crippen LogP) is 14.2. The van der Waals surface area contributed by atoms with Crippen molar-refractivity contribution in [2.75, 3.05) is 9.80 Å². The Labute approximate surface area is 309 Å². The number of benzene rings is 7. The average Bonchev–Trinajstić information content (AvgIpc) is 3.17. The molecular weight excluding hydrogens is 629 g/mol. The SMILES string of the molecule is Cc1ccc(N(c2ccc(C=Cc3cccc(C=Cc4ccc(N(c5ccc(C)cc5)c5ccccc5C)cc4)c3)cc2)c2ccccc2C)cc1. The van der Waals surface area contributed by atoms with Gasteiger partial charge < -0.3 is 9.80 Å². The van der Waals surface area contributed by atoms with E-state index in [0.717, 1.165) is 45.0 Å². The van der Waals surface area contributed by atoms with Crippen molar-refractivity contribution in [2.24, 2.45) is 0 Å². The first-order valence-electron chi connectivity index (χ1n) is 17.9. The maximum Gasteiger partial charge on any atom is 0.0490 e. The van der Waals surface area contributed by atoms with Gasteiger partial charge in [-0.3, -0.25) is 0 Å². The Morgan fingerprint density at radius 2 is 0.635 bits per heavy atom. The molecule has 0 saturated heterocycles. The Morgan fingerprint density at radius 3 is 1.00 bits per heavy atom. The molecule has 0 aromatic heterocycles. The molecule has 0 radical (unpaired) electrons. The number of rotatable bonds is 10. The zero-order valence-electron chi connectivity index (χ0n) is 30.4. The second kappa shape index (κ2) is 15.7. The molecule has 0 aliphatic heterocycles. The zero-order chi connectivity index (χ0) is 35.9. The molecule has 0 heterocycles. The molecule has 0 aliphatic carbocycles. The summed E-state index contributed by atoms with van der Waals surface area (Å²) in [6.45, 7) is 8.59.